The molecule has 8 heteroatoms. The molecule has 1 heterocycles. The van der Waals surface area contributed by atoms with Crippen molar-refractivity contribution in [1.29, 1.82) is 0 Å². The van der Waals surface area contributed by atoms with Crippen LogP contribution in [0.15, 0.2) is 71.9 Å². The van der Waals surface area contributed by atoms with E-state index in [1.165, 1.54) is 23.9 Å². The summed E-state index contributed by atoms with van der Waals surface area (Å²) in [5.41, 5.74) is 2.34. The summed E-state index contributed by atoms with van der Waals surface area (Å²) in [6, 6.07) is 19.2. The lowest BCUT2D eigenvalue weighted by Crippen LogP contribution is -2.00. The summed E-state index contributed by atoms with van der Waals surface area (Å²) in [5, 5.41) is 10.8. The van der Waals surface area contributed by atoms with Crippen LogP contribution in [0, 0.1) is 5.82 Å². The van der Waals surface area contributed by atoms with Gasteiger partial charge >= 0.3 is 0 Å². The minimum atomic E-state index is -0.272. The Kier molecular flexibility index (Phi) is 6.11. The third-order valence-electron chi connectivity index (χ3n) is 4.17. The maximum Gasteiger partial charge on any atom is 0.196 e. The molecule has 4 aromatic rings. The highest BCUT2D eigenvalue weighted by Gasteiger charge is 2.19. The molecule has 0 atom stereocenters. The third kappa shape index (κ3) is 4.43. The van der Waals surface area contributed by atoms with Crippen LogP contribution in [-0.2, 0) is 5.75 Å². The Morgan fingerprint density at radius 1 is 0.828 bits per heavy atom. The molecule has 0 unspecified atom stereocenters. The van der Waals surface area contributed by atoms with Gasteiger partial charge < -0.3 is 0 Å². The van der Waals surface area contributed by atoms with E-state index in [2.05, 4.69) is 10.2 Å². The first-order chi connectivity index (χ1) is 14.0. The van der Waals surface area contributed by atoms with E-state index in [1.807, 2.05) is 34.9 Å². The van der Waals surface area contributed by atoms with Crippen LogP contribution in [-0.4, -0.2) is 14.8 Å². The van der Waals surface area contributed by atoms with Gasteiger partial charge in [0.15, 0.2) is 11.0 Å². The highest BCUT2D eigenvalue weighted by atomic mass is 35.5. The number of hydrogen-bond acceptors (Lipinski definition) is 3. The zero-order valence-electron chi connectivity index (χ0n) is 14.8. The van der Waals surface area contributed by atoms with Gasteiger partial charge in [0, 0.05) is 11.3 Å². The van der Waals surface area contributed by atoms with Crippen LogP contribution in [0.3, 0.4) is 0 Å². The highest BCUT2D eigenvalue weighted by Crippen LogP contribution is 2.34. The minimum absolute atomic E-state index is 0.272. The van der Waals surface area contributed by atoms with Gasteiger partial charge in [0.1, 0.15) is 5.82 Å². The molecule has 29 heavy (non-hydrogen) atoms. The first-order valence-corrected chi connectivity index (χ1v) is 10.7. The van der Waals surface area contributed by atoms with Crippen molar-refractivity contribution in [3.8, 4) is 17.1 Å². The van der Waals surface area contributed by atoms with Gasteiger partial charge in [-0.25, -0.2) is 4.39 Å². The predicted molar refractivity (Wildman–Crippen MR) is 118 cm³/mol. The van der Waals surface area contributed by atoms with E-state index in [0.29, 0.717) is 31.8 Å². The molecule has 0 saturated carbocycles. The van der Waals surface area contributed by atoms with Gasteiger partial charge in [0.25, 0.3) is 0 Å². The van der Waals surface area contributed by atoms with Crippen molar-refractivity contribution < 1.29 is 4.39 Å². The highest BCUT2D eigenvalue weighted by molar-refractivity contribution is 7.98. The van der Waals surface area contributed by atoms with Crippen molar-refractivity contribution in [2.75, 3.05) is 0 Å². The van der Waals surface area contributed by atoms with E-state index in [4.69, 9.17) is 34.8 Å². The summed E-state index contributed by atoms with van der Waals surface area (Å²) in [6.07, 6.45) is 0. The molecule has 0 radical (unpaired) electrons. The number of aromatic nitrogens is 3. The fraction of sp³-hybridized carbons (Fsp3) is 0.0476. The van der Waals surface area contributed by atoms with Crippen molar-refractivity contribution in [3.05, 3.63) is 93.2 Å². The Morgan fingerprint density at radius 3 is 2.41 bits per heavy atom. The van der Waals surface area contributed by atoms with Crippen LogP contribution < -0.4 is 0 Å². The Labute approximate surface area is 186 Å². The van der Waals surface area contributed by atoms with Crippen molar-refractivity contribution in [3.63, 3.8) is 0 Å². The Balaban J connectivity index is 1.79. The summed E-state index contributed by atoms with van der Waals surface area (Å²) < 4.78 is 15.4. The zero-order valence-corrected chi connectivity index (χ0v) is 17.9. The number of thioether (sulfide) groups is 1. The second-order valence-corrected chi connectivity index (χ2v) is 8.30. The molecule has 0 aliphatic carbocycles. The lowest BCUT2D eigenvalue weighted by atomic mass is 10.2. The van der Waals surface area contributed by atoms with Crippen LogP contribution >= 0.6 is 46.6 Å². The van der Waals surface area contributed by atoms with Crippen LogP contribution in [0.2, 0.25) is 15.1 Å². The molecule has 0 fully saturated rings. The Bertz CT molecular complexity index is 1180. The van der Waals surface area contributed by atoms with Gasteiger partial charge in [-0.15, -0.1) is 10.2 Å². The van der Waals surface area contributed by atoms with Crippen molar-refractivity contribution in [1.82, 2.24) is 14.8 Å². The van der Waals surface area contributed by atoms with Crippen LogP contribution in [0.4, 0.5) is 4.39 Å². The van der Waals surface area contributed by atoms with E-state index in [0.717, 1.165) is 16.8 Å². The van der Waals surface area contributed by atoms with Crippen molar-refractivity contribution in [2.24, 2.45) is 0 Å². The quantitative estimate of drug-likeness (QED) is 0.290. The van der Waals surface area contributed by atoms with Crippen LogP contribution in [0.25, 0.3) is 17.1 Å². The van der Waals surface area contributed by atoms with E-state index >= 15 is 0 Å². The van der Waals surface area contributed by atoms with Gasteiger partial charge in [-0.1, -0.05) is 70.8 Å². The molecule has 3 nitrogen and oxygen atoms in total. The standard InChI is InChI=1S/C21H13Cl3FN3S/c22-17-7-2-1-6-16(17)20-26-27-21(29-12-13-4-3-5-14(25)10-13)28(20)15-8-9-18(23)19(24)11-15/h1-11H,12H2. The van der Waals surface area contributed by atoms with Gasteiger partial charge in [-0.05, 0) is 48.0 Å². The molecule has 0 amide bonds. The molecule has 4 rings (SSSR count). The SMILES string of the molecule is Fc1cccc(CSc2nnc(-c3ccccc3Cl)n2-c2ccc(Cl)c(Cl)c2)c1. The first-order valence-electron chi connectivity index (χ1n) is 8.56. The molecule has 146 valence electrons. The monoisotopic (exact) mass is 463 g/mol. The van der Waals surface area contributed by atoms with E-state index < -0.39 is 0 Å². The Morgan fingerprint density at radius 2 is 1.66 bits per heavy atom. The molecule has 0 bridgehead atoms. The van der Waals surface area contributed by atoms with Crippen molar-refractivity contribution in [2.45, 2.75) is 10.9 Å². The summed E-state index contributed by atoms with van der Waals surface area (Å²) in [6.45, 7) is 0. The number of halogens is 4. The number of nitrogens with zero attached hydrogens (tertiary/aromatic N) is 3. The second kappa shape index (κ2) is 8.76. The average Bonchev–Trinajstić information content (AvgIpc) is 3.12. The molecule has 0 spiro atoms. The first kappa shape index (κ1) is 20.2. The smallest absolute Gasteiger partial charge is 0.196 e. The van der Waals surface area contributed by atoms with Crippen LogP contribution in [0.5, 0.6) is 0 Å². The van der Waals surface area contributed by atoms with Gasteiger partial charge in [0.2, 0.25) is 0 Å². The van der Waals surface area contributed by atoms with Gasteiger partial charge in [0.05, 0.1) is 20.8 Å². The van der Waals surface area contributed by atoms with E-state index in [9.17, 15) is 4.39 Å². The Hall–Kier alpha value is -2.05. The molecule has 0 N–H and O–H groups in total. The average molecular weight is 465 g/mol. The lowest BCUT2D eigenvalue weighted by Gasteiger charge is -2.12. The third-order valence-corrected chi connectivity index (χ3v) is 6.24. The summed E-state index contributed by atoms with van der Waals surface area (Å²) in [4.78, 5) is 0. The summed E-state index contributed by atoms with van der Waals surface area (Å²) in [5.74, 6) is 0.834. The van der Waals surface area contributed by atoms with Crippen LogP contribution in [0.1, 0.15) is 5.56 Å². The maximum absolute atomic E-state index is 13.5. The molecule has 0 aliphatic heterocycles. The van der Waals surface area contributed by atoms with Gasteiger partial charge in [-0.3, -0.25) is 4.57 Å². The summed E-state index contributed by atoms with van der Waals surface area (Å²) >= 11 is 20.2. The zero-order chi connectivity index (χ0) is 20.4. The lowest BCUT2D eigenvalue weighted by molar-refractivity contribution is 0.626. The largest absolute Gasteiger partial charge is 0.270 e. The maximum atomic E-state index is 13.5. The minimum Gasteiger partial charge on any atom is -0.270 e. The van der Waals surface area contributed by atoms with E-state index in [1.54, 1.807) is 24.3 Å². The molecular formula is C21H13Cl3FN3S. The van der Waals surface area contributed by atoms with Gasteiger partial charge in [-0.2, -0.15) is 0 Å². The fourth-order valence-electron chi connectivity index (χ4n) is 2.81. The normalized spacial score (nSPS) is 11.0. The summed E-state index contributed by atoms with van der Waals surface area (Å²) in [7, 11) is 0. The molecule has 1 aromatic heterocycles. The number of hydrogen-bond donors (Lipinski definition) is 0. The topological polar surface area (TPSA) is 30.7 Å². The predicted octanol–water partition coefficient (Wildman–Crippen LogP) is 7.33. The number of benzene rings is 3. The van der Waals surface area contributed by atoms with E-state index in [-0.39, 0.29) is 5.82 Å². The molecule has 3 aromatic carbocycles. The van der Waals surface area contributed by atoms with Crippen molar-refractivity contribution >= 4 is 46.6 Å². The molecule has 0 aliphatic rings. The number of rotatable bonds is 5. The molecule has 0 saturated heterocycles. The molecular weight excluding hydrogens is 452 g/mol. The fourth-order valence-corrected chi connectivity index (χ4v) is 4.22. The second-order valence-electron chi connectivity index (χ2n) is 6.14.